The molecule has 0 spiro atoms. The van der Waals surface area contributed by atoms with Crippen molar-refractivity contribution in [2.45, 2.75) is 6.42 Å². The van der Waals surface area contributed by atoms with Crippen molar-refractivity contribution >= 4 is 34.8 Å². The number of rotatable bonds is 7. The predicted molar refractivity (Wildman–Crippen MR) is 105 cm³/mol. The summed E-state index contributed by atoms with van der Waals surface area (Å²) in [6.07, 6.45) is 0.761. The van der Waals surface area contributed by atoms with E-state index in [1.165, 1.54) is 0 Å². The molecule has 0 unspecified atom stereocenters. The Morgan fingerprint density at radius 2 is 1.62 bits per heavy atom. The highest BCUT2D eigenvalue weighted by Gasteiger charge is 2.08. The van der Waals surface area contributed by atoms with Crippen molar-refractivity contribution in [2.24, 2.45) is 0 Å². The van der Waals surface area contributed by atoms with Gasteiger partial charge in [-0.2, -0.15) is 0 Å². The van der Waals surface area contributed by atoms with Gasteiger partial charge in [-0.25, -0.2) is 0 Å². The zero-order chi connectivity index (χ0) is 18.8. The quantitative estimate of drug-likeness (QED) is 0.515. The van der Waals surface area contributed by atoms with Crippen LogP contribution in [0.25, 0.3) is 0 Å². The van der Waals surface area contributed by atoms with E-state index in [1.807, 2.05) is 6.07 Å². The lowest BCUT2D eigenvalue weighted by atomic mass is 10.2. The van der Waals surface area contributed by atoms with Crippen molar-refractivity contribution in [2.75, 3.05) is 25.6 Å². The maximum Gasteiger partial charge on any atom is 0.257 e. The van der Waals surface area contributed by atoms with Gasteiger partial charge in [-0.05, 0) is 55.0 Å². The first-order chi connectivity index (χ1) is 12.6. The number of hydrogen-bond donors (Lipinski definition) is 3. The Morgan fingerprint density at radius 1 is 0.962 bits per heavy atom. The van der Waals surface area contributed by atoms with Crippen molar-refractivity contribution in [3.63, 3.8) is 0 Å². The Hall–Kier alpha value is -2.77. The van der Waals surface area contributed by atoms with Gasteiger partial charge >= 0.3 is 0 Å². The number of carbonyl (C=O) groups is 2. The molecule has 0 fully saturated rings. The zero-order valence-corrected chi connectivity index (χ0v) is 15.3. The first-order valence-electron chi connectivity index (χ1n) is 8.14. The van der Waals surface area contributed by atoms with Gasteiger partial charge in [-0.1, -0.05) is 18.2 Å². The molecule has 3 N–H and O–H groups in total. The van der Waals surface area contributed by atoms with Gasteiger partial charge in [0.2, 0.25) is 0 Å². The van der Waals surface area contributed by atoms with E-state index in [-0.39, 0.29) is 16.9 Å². The van der Waals surface area contributed by atoms with Crippen LogP contribution in [0.3, 0.4) is 0 Å². The molecule has 2 rings (SSSR count). The van der Waals surface area contributed by atoms with Gasteiger partial charge in [-0.15, -0.1) is 0 Å². The fourth-order valence-corrected chi connectivity index (χ4v) is 2.36. The highest BCUT2D eigenvalue weighted by molar-refractivity contribution is 7.80. The molecule has 6 nitrogen and oxygen atoms in total. The number of methoxy groups -OCH3 is 1. The number of carbonyl (C=O) groups excluding carboxylic acids is 2. The molecule has 0 aliphatic heterocycles. The van der Waals surface area contributed by atoms with Crippen LogP contribution in [0.1, 0.15) is 27.1 Å². The third-order valence-electron chi connectivity index (χ3n) is 3.48. The fourth-order valence-electron chi connectivity index (χ4n) is 2.15. The Kier molecular flexibility index (Phi) is 7.73. The standard InChI is InChI=1S/C19H21N3O3S/c1-25-13-5-12-20-17(23)15-8-10-16(11-9-15)21-19(26)22-18(24)14-6-3-2-4-7-14/h2-4,6-11H,5,12-13H2,1H3,(H,20,23)(H2,21,22,24,26). The average Bonchev–Trinajstić information content (AvgIpc) is 2.66. The lowest BCUT2D eigenvalue weighted by Crippen LogP contribution is -2.34. The third-order valence-corrected chi connectivity index (χ3v) is 3.68. The van der Waals surface area contributed by atoms with Crippen LogP contribution in [0.15, 0.2) is 54.6 Å². The number of benzene rings is 2. The van der Waals surface area contributed by atoms with Gasteiger partial charge in [0, 0.05) is 37.1 Å². The molecule has 2 amide bonds. The fraction of sp³-hybridized carbons (Fsp3) is 0.211. The van der Waals surface area contributed by atoms with Gasteiger partial charge in [0.1, 0.15) is 0 Å². The molecule has 7 heteroatoms. The minimum absolute atomic E-state index is 0.146. The Balaban J connectivity index is 1.83. The van der Waals surface area contributed by atoms with Crippen molar-refractivity contribution in [1.29, 1.82) is 0 Å². The molecular formula is C19H21N3O3S. The van der Waals surface area contributed by atoms with Gasteiger partial charge in [-0.3, -0.25) is 14.9 Å². The van der Waals surface area contributed by atoms with E-state index < -0.39 is 0 Å². The normalized spacial score (nSPS) is 10.0. The van der Waals surface area contributed by atoms with E-state index in [2.05, 4.69) is 16.0 Å². The molecule has 0 bridgehead atoms. The summed E-state index contributed by atoms with van der Waals surface area (Å²) in [5.74, 6) is -0.428. The molecule has 0 aliphatic rings. The van der Waals surface area contributed by atoms with E-state index in [0.29, 0.717) is 30.0 Å². The van der Waals surface area contributed by atoms with Crippen LogP contribution in [-0.4, -0.2) is 37.2 Å². The van der Waals surface area contributed by atoms with Crippen LogP contribution < -0.4 is 16.0 Å². The summed E-state index contributed by atoms with van der Waals surface area (Å²) in [6, 6.07) is 15.6. The Morgan fingerprint density at radius 3 is 2.27 bits per heavy atom. The van der Waals surface area contributed by atoms with Gasteiger partial charge in [0.25, 0.3) is 11.8 Å². The zero-order valence-electron chi connectivity index (χ0n) is 14.5. The van der Waals surface area contributed by atoms with Crippen LogP contribution >= 0.6 is 12.2 Å². The smallest absolute Gasteiger partial charge is 0.257 e. The molecule has 26 heavy (non-hydrogen) atoms. The number of thiocarbonyl (C=S) groups is 1. The molecule has 2 aromatic carbocycles. The third kappa shape index (κ3) is 6.27. The predicted octanol–water partition coefficient (Wildman–Crippen LogP) is 2.58. The first-order valence-corrected chi connectivity index (χ1v) is 8.55. The summed E-state index contributed by atoms with van der Waals surface area (Å²) < 4.78 is 4.94. The monoisotopic (exact) mass is 371 g/mol. The molecule has 0 saturated carbocycles. The highest BCUT2D eigenvalue weighted by atomic mass is 32.1. The van der Waals surface area contributed by atoms with E-state index in [1.54, 1.807) is 55.6 Å². The van der Waals surface area contributed by atoms with Crippen LogP contribution in [0.4, 0.5) is 5.69 Å². The minimum Gasteiger partial charge on any atom is -0.385 e. The van der Waals surface area contributed by atoms with E-state index >= 15 is 0 Å². The van der Waals surface area contributed by atoms with Crippen molar-refractivity contribution in [1.82, 2.24) is 10.6 Å². The van der Waals surface area contributed by atoms with Crippen molar-refractivity contribution in [3.8, 4) is 0 Å². The summed E-state index contributed by atoms with van der Waals surface area (Å²) in [4.78, 5) is 24.0. The average molecular weight is 371 g/mol. The summed E-state index contributed by atoms with van der Waals surface area (Å²) in [6.45, 7) is 1.16. The largest absolute Gasteiger partial charge is 0.385 e. The maximum absolute atomic E-state index is 12.0. The second kappa shape index (κ2) is 10.3. The number of anilines is 1. The van der Waals surface area contributed by atoms with E-state index in [9.17, 15) is 9.59 Å². The van der Waals surface area contributed by atoms with Gasteiger partial charge in [0.15, 0.2) is 5.11 Å². The maximum atomic E-state index is 12.0. The Bertz CT molecular complexity index is 748. The molecule has 0 aliphatic carbocycles. The molecule has 136 valence electrons. The second-order valence-electron chi connectivity index (χ2n) is 5.45. The number of amides is 2. The molecule has 0 aromatic heterocycles. The number of hydrogen-bond acceptors (Lipinski definition) is 4. The number of ether oxygens (including phenoxy) is 1. The SMILES string of the molecule is COCCCNC(=O)c1ccc(NC(=S)NC(=O)c2ccccc2)cc1. The Labute approximate surface area is 157 Å². The van der Waals surface area contributed by atoms with E-state index in [4.69, 9.17) is 17.0 Å². The van der Waals surface area contributed by atoms with Crippen LogP contribution in [-0.2, 0) is 4.74 Å². The molecule has 0 saturated heterocycles. The topological polar surface area (TPSA) is 79.5 Å². The minimum atomic E-state index is -0.282. The highest BCUT2D eigenvalue weighted by Crippen LogP contribution is 2.10. The van der Waals surface area contributed by atoms with Crippen molar-refractivity contribution in [3.05, 3.63) is 65.7 Å². The summed E-state index contributed by atoms with van der Waals surface area (Å²) in [5, 5.41) is 8.54. The lowest BCUT2D eigenvalue weighted by molar-refractivity contribution is 0.0946. The van der Waals surface area contributed by atoms with Crippen LogP contribution in [0, 0.1) is 0 Å². The number of nitrogens with one attached hydrogen (secondary N) is 3. The lowest BCUT2D eigenvalue weighted by Gasteiger charge is -2.10. The molecule has 2 aromatic rings. The van der Waals surface area contributed by atoms with Gasteiger partial charge < -0.3 is 15.4 Å². The molecular weight excluding hydrogens is 350 g/mol. The molecule has 0 radical (unpaired) electrons. The van der Waals surface area contributed by atoms with Crippen molar-refractivity contribution < 1.29 is 14.3 Å². The van der Waals surface area contributed by atoms with Gasteiger partial charge in [0.05, 0.1) is 0 Å². The summed E-state index contributed by atoms with van der Waals surface area (Å²) in [5.41, 5.74) is 1.75. The van der Waals surface area contributed by atoms with E-state index in [0.717, 1.165) is 6.42 Å². The van der Waals surface area contributed by atoms with Crippen LogP contribution in [0.5, 0.6) is 0 Å². The molecule has 0 heterocycles. The first kappa shape index (κ1) is 19.6. The van der Waals surface area contributed by atoms with Crippen LogP contribution in [0.2, 0.25) is 0 Å². The molecule has 0 atom stereocenters. The second-order valence-corrected chi connectivity index (χ2v) is 5.86. The summed E-state index contributed by atoms with van der Waals surface area (Å²) in [7, 11) is 1.63. The summed E-state index contributed by atoms with van der Waals surface area (Å²) >= 11 is 5.14.